The maximum absolute atomic E-state index is 13.2. The van der Waals surface area contributed by atoms with Crippen molar-refractivity contribution < 1.29 is 33.2 Å². The zero-order valence-corrected chi connectivity index (χ0v) is 32.0. The zero-order valence-electron chi connectivity index (χ0n) is 32.0. The van der Waals surface area contributed by atoms with Gasteiger partial charge in [-0.3, -0.25) is 5.43 Å². The Morgan fingerprint density at radius 3 is 2.22 bits per heavy atom. The number of carbonyl (C=O) groups excluding carboxylic acids is 1. The molecule has 2 aromatic rings. The molecule has 3 rings (SSSR count). The number of hydrogen-bond acceptors (Lipinski definition) is 8. The van der Waals surface area contributed by atoms with E-state index < -0.39 is 17.4 Å². The Bertz CT molecular complexity index is 1260. The second-order valence-corrected chi connectivity index (χ2v) is 15.5. The van der Waals surface area contributed by atoms with Gasteiger partial charge in [-0.15, -0.1) is 0 Å². The van der Waals surface area contributed by atoms with E-state index in [1.807, 2.05) is 63.9 Å². The average Bonchev–Trinajstić information content (AvgIpc) is 3.25. The molecule has 0 aliphatic carbocycles. The van der Waals surface area contributed by atoms with Crippen LogP contribution in [-0.2, 0) is 32.0 Å². The first-order valence-corrected chi connectivity index (χ1v) is 18.0. The molecule has 1 aliphatic heterocycles. The predicted molar refractivity (Wildman–Crippen MR) is 195 cm³/mol. The zero-order chi connectivity index (χ0) is 36.2. The fourth-order valence-corrected chi connectivity index (χ4v) is 6.43. The molecule has 0 saturated carbocycles. The number of hydrazine groups is 1. The fourth-order valence-electron chi connectivity index (χ4n) is 6.43. The minimum atomic E-state index is -0.747. The Morgan fingerprint density at radius 1 is 0.918 bits per heavy atom. The molecule has 1 saturated heterocycles. The summed E-state index contributed by atoms with van der Waals surface area (Å²) in [7, 11) is 3.36. The molecule has 1 heterocycles. The van der Waals surface area contributed by atoms with E-state index >= 15 is 0 Å². The van der Waals surface area contributed by atoms with E-state index in [4.69, 9.17) is 28.4 Å². The molecule has 0 aromatic heterocycles. The van der Waals surface area contributed by atoms with Crippen LogP contribution in [0, 0.1) is 23.7 Å². The molecule has 1 fully saturated rings. The third-order valence-corrected chi connectivity index (χ3v) is 9.28. The number of amides is 1. The lowest BCUT2D eigenvalue weighted by Gasteiger charge is -2.36. The van der Waals surface area contributed by atoms with Crippen LogP contribution in [0.1, 0.15) is 92.7 Å². The summed E-state index contributed by atoms with van der Waals surface area (Å²) in [4.78, 5) is 13.2. The Balaban J connectivity index is 1.87. The van der Waals surface area contributed by atoms with Gasteiger partial charge in [-0.05, 0) is 101 Å². The molecule has 1 N–H and O–H groups in total. The van der Waals surface area contributed by atoms with Crippen molar-refractivity contribution >= 4 is 6.09 Å². The SMILES string of the molecule is COCCCOc1cc(C[C@@H](CC2C(C[C@@H](COCc3ccccc3)C(C)C)OC(C)(C)N2NC(=O)OC(C)(C)C)C(C)C)ccc1OC. The topological polar surface area (TPSA) is 87.7 Å². The molecule has 0 spiro atoms. The highest BCUT2D eigenvalue weighted by atomic mass is 16.6. The molecule has 276 valence electrons. The number of ether oxygens (including phenoxy) is 6. The van der Waals surface area contributed by atoms with Gasteiger partial charge in [-0.25, -0.2) is 4.79 Å². The van der Waals surface area contributed by atoms with Gasteiger partial charge in [0.25, 0.3) is 0 Å². The Morgan fingerprint density at radius 2 is 1.61 bits per heavy atom. The van der Waals surface area contributed by atoms with Crippen LogP contribution in [0.3, 0.4) is 0 Å². The highest BCUT2D eigenvalue weighted by molar-refractivity contribution is 5.67. The summed E-state index contributed by atoms with van der Waals surface area (Å²) in [5.41, 5.74) is 4.08. The van der Waals surface area contributed by atoms with Crippen LogP contribution in [0.2, 0.25) is 0 Å². The first-order chi connectivity index (χ1) is 23.1. The van der Waals surface area contributed by atoms with E-state index in [9.17, 15) is 4.79 Å². The molecule has 1 amide bonds. The molecule has 0 bridgehead atoms. The third-order valence-electron chi connectivity index (χ3n) is 9.28. The van der Waals surface area contributed by atoms with Crippen LogP contribution >= 0.6 is 0 Å². The monoisotopic (exact) mass is 684 g/mol. The molecule has 0 radical (unpaired) electrons. The second-order valence-electron chi connectivity index (χ2n) is 15.5. The van der Waals surface area contributed by atoms with Crippen molar-refractivity contribution in [2.24, 2.45) is 23.7 Å². The number of nitrogens with zero attached hydrogens (tertiary/aromatic N) is 1. The molecular weight excluding hydrogens is 620 g/mol. The number of rotatable bonds is 19. The van der Waals surface area contributed by atoms with E-state index in [0.29, 0.717) is 38.3 Å². The van der Waals surface area contributed by atoms with Crippen molar-refractivity contribution in [3.05, 3.63) is 59.7 Å². The number of benzene rings is 2. The number of nitrogens with one attached hydrogen (secondary N) is 1. The van der Waals surface area contributed by atoms with Crippen LogP contribution in [0.5, 0.6) is 11.5 Å². The maximum Gasteiger partial charge on any atom is 0.422 e. The Labute approximate surface area is 296 Å². The molecule has 9 heteroatoms. The van der Waals surface area contributed by atoms with Gasteiger partial charge in [-0.1, -0.05) is 64.1 Å². The van der Waals surface area contributed by atoms with Crippen molar-refractivity contribution in [1.82, 2.24) is 10.4 Å². The summed E-state index contributed by atoms with van der Waals surface area (Å²) in [6.45, 7) is 21.1. The fraction of sp³-hybridized carbons (Fsp3) is 0.675. The summed E-state index contributed by atoms with van der Waals surface area (Å²) in [5, 5.41) is 2.00. The normalized spacial score (nSPS) is 19.2. The molecule has 2 unspecified atom stereocenters. The first-order valence-electron chi connectivity index (χ1n) is 18.0. The van der Waals surface area contributed by atoms with Crippen molar-refractivity contribution in [3.8, 4) is 11.5 Å². The van der Waals surface area contributed by atoms with Crippen LogP contribution in [0.4, 0.5) is 4.79 Å². The molecule has 2 aromatic carbocycles. The Hall–Kier alpha value is -2.85. The highest BCUT2D eigenvalue weighted by Gasteiger charge is 2.50. The van der Waals surface area contributed by atoms with E-state index in [0.717, 1.165) is 42.7 Å². The summed E-state index contributed by atoms with van der Waals surface area (Å²) < 4.78 is 35.7. The van der Waals surface area contributed by atoms with E-state index in [1.165, 1.54) is 5.56 Å². The second kappa shape index (κ2) is 18.9. The molecule has 1 aliphatic rings. The third kappa shape index (κ3) is 13.1. The van der Waals surface area contributed by atoms with Gasteiger partial charge in [0.05, 0.1) is 39.1 Å². The minimum Gasteiger partial charge on any atom is -0.493 e. The smallest absolute Gasteiger partial charge is 0.422 e. The van der Waals surface area contributed by atoms with Gasteiger partial charge in [0, 0.05) is 20.1 Å². The number of methoxy groups -OCH3 is 2. The van der Waals surface area contributed by atoms with E-state index in [1.54, 1.807) is 14.2 Å². The van der Waals surface area contributed by atoms with Crippen molar-refractivity contribution in [3.63, 3.8) is 0 Å². The van der Waals surface area contributed by atoms with Crippen molar-refractivity contribution in [1.29, 1.82) is 0 Å². The highest BCUT2D eigenvalue weighted by Crippen LogP contribution is 2.40. The Kier molecular flexibility index (Phi) is 15.7. The predicted octanol–water partition coefficient (Wildman–Crippen LogP) is 8.44. The summed E-state index contributed by atoms with van der Waals surface area (Å²) >= 11 is 0. The minimum absolute atomic E-state index is 0.0895. The van der Waals surface area contributed by atoms with Crippen molar-refractivity contribution in [2.45, 2.75) is 118 Å². The summed E-state index contributed by atoms with van der Waals surface area (Å²) in [6, 6.07) is 16.4. The molecule has 9 nitrogen and oxygen atoms in total. The standard InChI is InChI=1S/C40H64N2O7/c1-28(2)32(22-31-18-19-35(45-11)37(23-31)47-21-15-20-44-10)24-34-36(48-40(8,9)42(34)41-38(43)49-39(5,6)7)25-33(29(3)4)27-46-26-30-16-13-12-14-17-30/h12-14,16-19,23,28-29,32-34,36H,15,20-22,24-27H2,1-11H3,(H,41,43)/t32-,33-,34?,36?/m0/s1. The van der Waals surface area contributed by atoms with Gasteiger partial charge in [0.15, 0.2) is 11.5 Å². The lowest BCUT2D eigenvalue weighted by Crippen LogP contribution is -2.56. The molecular formula is C40H64N2O7. The van der Waals surface area contributed by atoms with Crippen molar-refractivity contribution in [2.75, 3.05) is 34.0 Å². The van der Waals surface area contributed by atoms with E-state index in [-0.39, 0.29) is 24.0 Å². The van der Waals surface area contributed by atoms with Crippen LogP contribution in [-0.4, -0.2) is 68.6 Å². The maximum atomic E-state index is 13.2. The number of carbonyl (C=O) groups is 1. The first kappa shape index (κ1) is 40.6. The molecule has 4 atom stereocenters. The van der Waals surface area contributed by atoms with Gasteiger partial charge < -0.3 is 28.4 Å². The van der Waals surface area contributed by atoms with E-state index in [2.05, 4.69) is 57.4 Å². The lowest BCUT2D eigenvalue weighted by atomic mass is 9.81. The average molecular weight is 685 g/mol. The number of hydrogen-bond donors (Lipinski definition) is 1. The lowest BCUT2D eigenvalue weighted by molar-refractivity contribution is -0.101. The summed E-state index contributed by atoms with van der Waals surface area (Å²) in [6.07, 6.45) is 2.65. The van der Waals surface area contributed by atoms with Gasteiger partial charge >= 0.3 is 6.09 Å². The van der Waals surface area contributed by atoms with Gasteiger partial charge in [0.1, 0.15) is 11.3 Å². The van der Waals surface area contributed by atoms with Crippen LogP contribution < -0.4 is 14.9 Å². The quantitative estimate of drug-likeness (QED) is 0.148. The largest absolute Gasteiger partial charge is 0.493 e. The van der Waals surface area contributed by atoms with Crippen LogP contribution in [0.25, 0.3) is 0 Å². The van der Waals surface area contributed by atoms with Gasteiger partial charge in [-0.2, -0.15) is 5.01 Å². The van der Waals surface area contributed by atoms with Gasteiger partial charge in [0.2, 0.25) is 0 Å². The molecule has 49 heavy (non-hydrogen) atoms. The van der Waals surface area contributed by atoms with Crippen LogP contribution in [0.15, 0.2) is 48.5 Å². The summed E-state index contributed by atoms with van der Waals surface area (Å²) in [5.74, 6) is 2.77.